The van der Waals surface area contributed by atoms with E-state index in [4.69, 9.17) is 4.74 Å². The van der Waals surface area contributed by atoms with E-state index in [2.05, 4.69) is 14.9 Å². The minimum absolute atomic E-state index is 0.0165. The van der Waals surface area contributed by atoms with Crippen LogP contribution >= 0.6 is 0 Å². The molecule has 2 heterocycles. The van der Waals surface area contributed by atoms with Crippen LogP contribution in [-0.4, -0.2) is 50.8 Å². The van der Waals surface area contributed by atoms with Gasteiger partial charge in [-0.1, -0.05) is 0 Å². The average molecular weight is 334 g/mol. The molecule has 1 unspecified atom stereocenters. The largest absolute Gasteiger partial charge is 0.444 e. The number of hydrogen-bond acceptors (Lipinski definition) is 4. The first-order valence-electron chi connectivity index (χ1n) is 9.10. The summed E-state index contributed by atoms with van der Waals surface area (Å²) < 4.78 is 7.72. The van der Waals surface area contributed by atoms with Gasteiger partial charge in [-0.2, -0.15) is 0 Å². The molecule has 6 nitrogen and oxygen atoms in total. The van der Waals surface area contributed by atoms with Crippen LogP contribution in [0.5, 0.6) is 0 Å². The molecule has 3 rings (SSSR count). The van der Waals surface area contributed by atoms with Gasteiger partial charge in [0, 0.05) is 31.5 Å². The van der Waals surface area contributed by atoms with Gasteiger partial charge < -0.3 is 19.5 Å². The molecule has 1 spiro atoms. The molecule has 1 N–H and O–H groups in total. The highest BCUT2D eigenvalue weighted by atomic mass is 16.6. The quantitative estimate of drug-likeness (QED) is 0.841. The van der Waals surface area contributed by atoms with Gasteiger partial charge in [0.05, 0.1) is 11.9 Å². The molecule has 0 aromatic carbocycles. The van der Waals surface area contributed by atoms with Crippen molar-refractivity contribution in [2.45, 2.75) is 76.6 Å². The second-order valence-electron chi connectivity index (χ2n) is 8.04. The fourth-order valence-electron chi connectivity index (χ4n) is 3.93. The molecule has 1 saturated carbocycles. The maximum atomic E-state index is 12.6. The van der Waals surface area contributed by atoms with Crippen molar-refractivity contribution in [3.05, 3.63) is 18.7 Å². The second-order valence-corrected chi connectivity index (χ2v) is 8.04. The number of carbonyl (C=O) groups is 1. The third-order valence-corrected chi connectivity index (χ3v) is 5.20. The highest BCUT2D eigenvalue weighted by Crippen LogP contribution is 2.46. The molecule has 24 heavy (non-hydrogen) atoms. The Labute approximate surface area is 144 Å². The molecule has 1 aromatic heterocycles. The molecule has 1 saturated heterocycles. The van der Waals surface area contributed by atoms with E-state index in [1.807, 2.05) is 44.4 Å². The van der Waals surface area contributed by atoms with Crippen molar-refractivity contribution in [1.82, 2.24) is 19.8 Å². The summed E-state index contributed by atoms with van der Waals surface area (Å²) in [5, 5.41) is 3.70. The molecular weight excluding hydrogens is 304 g/mol. The summed E-state index contributed by atoms with van der Waals surface area (Å²) in [6.07, 6.45) is 11.0. The Hall–Kier alpha value is -1.56. The minimum atomic E-state index is -0.432. The molecule has 6 heteroatoms. The molecule has 2 aliphatic rings. The number of ether oxygens (including phenoxy) is 1. The second kappa shape index (κ2) is 6.75. The summed E-state index contributed by atoms with van der Waals surface area (Å²) in [6.45, 7) is 8.53. The van der Waals surface area contributed by atoms with Crippen molar-refractivity contribution in [2.75, 3.05) is 13.1 Å². The highest BCUT2D eigenvalue weighted by molar-refractivity contribution is 5.70. The van der Waals surface area contributed by atoms with Crippen LogP contribution in [0.1, 0.15) is 52.9 Å². The minimum Gasteiger partial charge on any atom is -0.444 e. The van der Waals surface area contributed by atoms with E-state index in [1.54, 1.807) is 0 Å². The predicted octanol–water partition coefficient (Wildman–Crippen LogP) is 2.79. The molecule has 134 valence electrons. The highest BCUT2D eigenvalue weighted by Gasteiger charge is 2.55. The van der Waals surface area contributed by atoms with Gasteiger partial charge in [0.2, 0.25) is 0 Å². The molecule has 1 aromatic rings. The van der Waals surface area contributed by atoms with Crippen LogP contribution in [0.2, 0.25) is 0 Å². The average Bonchev–Trinajstić information content (AvgIpc) is 3.08. The van der Waals surface area contributed by atoms with Crippen LogP contribution in [0, 0.1) is 0 Å². The number of imidazole rings is 1. The van der Waals surface area contributed by atoms with Gasteiger partial charge in [-0.15, -0.1) is 0 Å². The van der Waals surface area contributed by atoms with Crippen LogP contribution in [-0.2, 0) is 11.3 Å². The molecule has 1 aliphatic carbocycles. The Bertz CT molecular complexity index is 546. The lowest BCUT2D eigenvalue weighted by atomic mass is 9.72. The van der Waals surface area contributed by atoms with Crippen molar-refractivity contribution in [3.63, 3.8) is 0 Å². The first-order chi connectivity index (χ1) is 11.4. The first kappa shape index (κ1) is 17.3. The number of amides is 1. The van der Waals surface area contributed by atoms with E-state index in [0.29, 0.717) is 6.04 Å². The zero-order valence-corrected chi connectivity index (χ0v) is 15.1. The van der Waals surface area contributed by atoms with Crippen molar-refractivity contribution in [1.29, 1.82) is 0 Å². The zero-order chi connectivity index (χ0) is 17.2. The van der Waals surface area contributed by atoms with E-state index in [0.717, 1.165) is 45.3 Å². The number of carbonyl (C=O) groups excluding carboxylic acids is 1. The van der Waals surface area contributed by atoms with Gasteiger partial charge >= 0.3 is 6.09 Å². The molecule has 2 fully saturated rings. The topological polar surface area (TPSA) is 59.4 Å². The zero-order valence-electron chi connectivity index (χ0n) is 15.1. The summed E-state index contributed by atoms with van der Waals surface area (Å²) in [4.78, 5) is 18.6. The van der Waals surface area contributed by atoms with Crippen LogP contribution in [0.25, 0.3) is 0 Å². The van der Waals surface area contributed by atoms with Gasteiger partial charge in [-0.3, -0.25) is 0 Å². The van der Waals surface area contributed by atoms with Crippen molar-refractivity contribution in [2.24, 2.45) is 0 Å². The van der Waals surface area contributed by atoms with Gasteiger partial charge in [0.1, 0.15) is 5.60 Å². The molecule has 1 aliphatic heterocycles. The van der Waals surface area contributed by atoms with Crippen LogP contribution in [0.15, 0.2) is 18.7 Å². The van der Waals surface area contributed by atoms with E-state index >= 15 is 0 Å². The fourth-order valence-corrected chi connectivity index (χ4v) is 3.93. The Balaban J connectivity index is 1.52. The van der Waals surface area contributed by atoms with Gasteiger partial charge in [-0.05, 0) is 59.4 Å². The number of aryl methyl sites for hydroxylation is 1. The van der Waals surface area contributed by atoms with E-state index in [9.17, 15) is 4.79 Å². The van der Waals surface area contributed by atoms with Gasteiger partial charge in [0.15, 0.2) is 0 Å². The fraction of sp³-hybridized carbons (Fsp3) is 0.778. The summed E-state index contributed by atoms with van der Waals surface area (Å²) in [6, 6.07) is 0.390. The summed E-state index contributed by atoms with van der Waals surface area (Å²) >= 11 is 0. The van der Waals surface area contributed by atoms with E-state index < -0.39 is 5.60 Å². The third kappa shape index (κ3) is 3.58. The lowest BCUT2D eigenvalue weighted by Gasteiger charge is -2.49. The Morgan fingerprint density at radius 3 is 2.79 bits per heavy atom. The van der Waals surface area contributed by atoms with Gasteiger partial charge in [-0.25, -0.2) is 9.78 Å². The summed E-state index contributed by atoms with van der Waals surface area (Å²) in [5.74, 6) is 0. The SMILES string of the molecule is CC(C)(C)OC(=O)N1CCC(NCCCn2ccnc2)C12CCC2. The number of hydrogen-bond donors (Lipinski definition) is 1. The van der Waals surface area contributed by atoms with E-state index in [1.165, 1.54) is 6.42 Å². The number of aromatic nitrogens is 2. The van der Waals surface area contributed by atoms with Crippen LogP contribution in [0.4, 0.5) is 4.79 Å². The third-order valence-electron chi connectivity index (χ3n) is 5.20. The Morgan fingerprint density at radius 1 is 1.42 bits per heavy atom. The number of likely N-dealkylation sites (tertiary alicyclic amines) is 1. The lowest BCUT2D eigenvalue weighted by molar-refractivity contribution is -0.0164. The normalized spacial score (nSPS) is 22.6. The number of rotatable bonds is 5. The van der Waals surface area contributed by atoms with Crippen molar-refractivity contribution < 1.29 is 9.53 Å². The first-order valence-corrected chi connectivity index (χ1v) is 9.10. The summed E-state index contributed by atoms with van der Waals surface area (Å²) in [5.41, 5.74) is -0.449. The van der Waals surface area contributed by atoms with Crippen molar-refractivity contribution in [3.8, 4) is 0 Å². The maximum Gasteiger partial charge on any atom is 0.410 e. The number of nitrogens with zero attached hydrogens (tertiary/aromatic N) is 3. The monoisotopic (exact) mass is 334 g/mol. The molecule has 0 bridgehead atoms. The predicted molar refractivity (Wildman–Crippen MR) is 92.8 cm³/mol. The Morgan fingerprint density at radius 2 is 2.21 bits per heavy atom. The van der Waals surface area contributed by atoms with Gasteiger partial charge in [0.25, 0.3) is 0 Å². The Kier molecular flexibility index (Phi) is 4.85. The summed E-state index contributed by atoms with van der Waals surface area (Å²) in [7, 11) is 0. The molecule has 1 atom stereocenters. The molecule has 1 amide bonds. The van der Waals surface area contributed by atoms with Crippen molar-refractivity contribution >= 4 is 6.09 Å². The van der Waals surface area contributed by atoms with Crippen LogP contribution in [0.3, 0.4) is 0 Å². The molecular formula is C18H30N4O2. The standard InChI is InChI=1S/C18H30N4O2/c1-17(2,3)24-16(23)22-12-6-15(18(22)7-4-8-18)20-9-5-11-21-13-10-19-14-21/h10,13-15,20H,4-9,11-12H2,1-3H3. The smallest absolute Gasteiger partial charge is 0.410 e. The lowest BCUT2D eigenvalue weighted by Crippen LogP contribution is -2.61. The van der Waals surface area contributed by atoms with E-state index in [-0.39, 0.29) is 11.6 Å². The van der Waals surface area contributed by atoms with Crippen LogP contribution < -0.4 is 5.32 Å². The molecule has 0 radical (unpaired) electrons. The number of nitrogens with one attached hydrogen (secondary N) is 1. The maximum absolute atomic E-state index is 12.6.